The molecule has 1 amide bonds. The number of carboxylic acid groups (broad SMARTS) is 1. The van der Waals surface area contributed by atoms with E-state index in [0.29, 0.717) is 27.8 Å². The number of nitrogens with one attached hydrogen (secondary N) is 1. The van der Waals surface area contributed by atoms with Gasteiger partial charge in [0.25, 0.3) is 5.91 Å². The molecule has 0 bridgehead atoms. The average Bonchev–Trinajstić information content (AvgIpc) is 2.90. The Bertz CT molecular complexity index is 673. The number of hydrogen-bond acceptors (Lipinski definition) is 6. The standard InChI is InChI=1S/C14H15N3O3S2/c1-9-13(22-17-16-9)14(20)15-11-4-2-3-10(7-11)8-21-6-5-12(18)19/h2-4,7H,5-6,8H2,1H3,(H,15,20)(H,18,19). The molecule has 1 aromatic heterocycles. The van der Waals surface area contributed by atoms with Gasteiger partial charge in [-0.2, -0.15) is 11.8 Å². The topological polar surface area (TPSA) is 92.2 Å². The fourth-order valence-corrected chi connectivity index (χ4v) is 3.15. The number of aryl methyl sites for hydroxylation is 1. The minimum absolute atomic E-state index is 0.152. The van der Waals surface area contributed by atoms with Gasteiger partial charge in [0.1, 0.15) is 4.88 Å². The number of aromatic nitrogens is 2. The molecule has 6 nitrogen and oxygen atoms in total. The quantitative estimate of drug-likeness (QED) is 0.755. The van der Waals surface area contributed by atoms with Crippen molar-refractivity contribution in [1.82, 2.24) is 9.59 Å². The summed E-state index contributed by atoms with van der Waals surface area (Å²) in [6.45, 7) is 1.74. The van der Waals surface area contributed by atoms with Gasteiger partial charge in [-0.1, -0.05) is 16.6 Å². The fourth-order valence-electron chi connectivity index (χ4n) is 1.72. The smallest absolute Gasteiger partial charge is 0.304 e. The van der Waals surface area contributed by atoms with Gasteiger partial charge in [-0.15, -0.1) is 5.10 Å². The Labute approximate surface area is 136 Å². The van der Waals surface area contributed by atoms with Gasteiger partial charge in [0.2, 0.25) is 0 Å². The van der Waals surface area contributed by atoms with Crippen molar-refractivity contribution in [2.75, 3.05) is 11.1 Å². The molecule has 22 heavy (non-hydrogen) atoms. The molecule has 0 aliphatic rings. The Morgan fingerprint density at radius 1 is 1.41 bits per heavy atom. The molecule has 0 radical (unpaired) electrons. The number of nitrogens with zero attached hydrogens (tertiary/aromatic N) is 2. The maximum absolute atomic E-state index is 12.1. The Morgan fingerprint density at radius 2 is 2.23 bits per heavy atom. The molecule has 2 rings (SSSR count). The summed E-state index contributed by atoms with van der Waals surface area (Å²) in [4.78, 5) is 23.0. The second kappa shape index (κ2) is 7.90. The number of thioether (sulfide) groups is 1. The lowest BCUT2D eigenvalue weighted by atomic mass is 10.2. The van der Waals surface area contributed by atoms with E-state index in [9.17, 15) is 9.59 Å². The van der Waals surface area contributed by atoms with Crippen LogP contribution in [0.1, 0.15) is 27.3 Å². The first-order valence-electron chi connectivity index (χ1n) is 6.55. The number of carbonyl (C=O) groups excluding carboxylic acids is 1. The summed E-state index contributed by atoms with van der Waals surface area (Å²) in [7, 11) is 0. The maximum atomic E-state index is 12.1. The lowest BCUT2D eigenvalue weighted by Gasteiger charge is -2.06. The van der Waals surface area contributed by atoms with Crippen molar-refractivity contribution in [2.45, 2.75) is 19.1 Å². The molecular weight excluding hydrogens is 322 g/mol. The van der Waals surface area contributed by atoms with Gasteiger partial charge in [-0.05, 0) is 36.2 Å². The van der Waals surface area contributed by atoms with Crippen molar-refractivity contribution >= 4 is 40.9 Å². The summed E-state index contributed by atoms with van der Waals surface area (Å²) in [5.41, 5.74) is 2.35. The molecule has 8 heteroatoms. The number of carboxylic acids is 1. The van der Waals surface area contributed by atoms with Gasteiger partial charge in [0.15, 0.2) is 0 Å². The molecule has 116 valence electrons. The minimum Gasteiger partial charge on any atom is -0.481 e. The van der Waals surface area contributed by atoms with Crippen LogP contribution in [0.3, 0.4) is 0 Å². The lowest BCUT2D eigenvalue weighted by Crippen LogP contribution is -2.11. The summed E-state index contributed by atoms with van der Waals surface area (Å²) in [5.74, 6) is 0.265. The molecule has 0 fully saturated rings. The molecule has 0 atom stereocenters. The summed E-state index contributed by atoms with van der Waals surface area (Å²) >= 11 is 2.62. The molecule has 2 aromatic rings. The van der Waals surface area contributed by atoms with E-state index in [1.807, 2.05) is 24.3 Å². The van der Waals surface area contributed by atoms with E-state index in [1.165, 1.54) is 0 Å². The predicted octanol–water partition coefficient (Wildman–Crippen LogP) is 2.81. The number of hydrogen-bond donors (Lipinski definition) is 2. The highest BCUT2D eigenvalue weighted by Gasteiger charge is 2.13. The first-order chi connectivity index (χ1) is 10.6. The number of rotatable bonds is 7. The molecule has 1 heterocycles. The zero-order valence-corrected chi connectivity index (χ0v) is 13.5. The highest BCUT2D eigenvalue weighted by Crippen LogP contribution is 2.19. The van der Waals surface area contributed by atoms with Crippen molar-refractivity contribution in [3.8, 4) is 0 Å². The zero-order chi connectivity index (χ0) is 15.9. The van der Waals surface area contributed by atoms with Gasteiger partial charge in [-0.25, -0.2) is 0 Å². The van der Waals surface area contributed by atoms with Crippen LogP contribution in [0.5, 0.6) is 0 Å². The van der Waals surface area contributed by atoms with E-state index in [-0.39, 0.29) is 12.3 Å². The number of aliphatic carboxylic acids is 1. The second-order valence-corrected chi connectivity index (χ2v) is 6.40. The maximum Gasteiger partial charge on any atom is 0.304 e. The molecule has 0 spiro atoms. The van der Waals surface area contributed by atoms with Crippen molar-refractivity contribution in [3.63, 3.8) is 0 Å². The van der Waals surface area contributed by atoms with Crippen LogP contribution in [0.2, 0.25) is 0 Å². The number of carbonyl (C=O) groups is 2. The molecule has 2 N–H and O–H groups in total. The molecular formula is C14H15N3O3S2. The average molecular weight is 337 g/mol. The highest BCUT2D eigenvalue weighted by molar-refractivity contribution is 7.98. The third kappa shape index (κ3) is 4.81. The van der Waals surface area contributed by atoms with Gasteiger partial charge in [-0.3, -0.25) is 9.59 Å². The van der Waals surface area contributed by atoms with E-state index in [1.54, 1.807) is 18.7 Å². The zero-order valence-electron chi connectivity index (χ0n) is 11.9. The van der Waals surface area contributed by atoms with Crippen LogP contribution in [0.4, 0.5) is 5.69 Å². The molecule has 0 aliphatic carbocycles. The molecule has 0 aliphatic heterocycles. The van der Waals surface area contributed by atoms with Crippen LogP contribution in [-0.2, 0) is 10.5 Å². The third-order valence-electron chi connectivity index (χ3n) is 2.77. The van der Waals surface area contributed by atoms with Crippen molar-refractivity contribution in [3.05, 3.63) is 40.4 Å². The first kappa shape index (κ1) is 16.4. The molecule has 0 saturated heterocycles. The van der Waals surface area contributed by atoms with Crippen molar-refractivity contribution in [1.29, 1.82) is 0 Å². The van der Waals surface area contributed by atoms with Crippen molar-refractivity contribution in [2.24, 2.45) is 0 Å². The SMILES string of the molecule is Cc1nnsc1C(=O)Nc1cccc(CSCCC(=O)O)c1. The van der Waals surface area contributed by atoms with Crippen LogP contribution in [0.15, 0.2) is 24.3 Å². The molecule has 1 aromatic carbocycles. The fraction of sp³-hybridized carbons (Fsp3) is 0.286. The lowest BCUT2D eigenvalue weighted by molar-refractivity contribution is -0.136. The minimum atomic E-state index is -0.790. The van der Waals surface area contributed by atoms with Crippen LogP contribution in [-0.4, -0.2) is 32.3 Å². The first-order valence-corrected chi connectivity index (χ1v) is 8.48. The van der Waals surface area contributed by atoms with Gasteiger partial charge in [0.05, 0.1) is 12.1 Å². The molecule has 0 saturated carbocycles. The Hall–Kier alpha value is -1.93. The van der Waals surface area contributed by atoms with E-state index in [0.717, 1.165) is 17.1 Å². The van der Waals surface area contributed by atoms with Gasteiger partial charge >= 0.3 is 5.97 Å². The molecule has 0 unspecified atom stereocenters. The number of anilines is 1. The second-order valence-electron chi connectivity index (χ2n) is 4.54. The number of amides is 1. The summed E-state index contributed by atoms with van der Waals surface area (Å²) < 4.78 is 3.75. The van der Waals surface area contributed by atoms with Crippen LogP contribution in [0.25, 0.3) is 0 Å². The highest BCUT2D eigenvalue weighted by atomic mass is 32.2. The van der Waals surface area contributed by atoms with E-state index < -0.39 is 5.97 Å². The van der Waals surface area contributed by atoms with Crippen LogP contribution < -0.4 is 5.32 Å². The summed E-state index contributed by atoms with van der Waals surface area (Å²) in [6.07, 6.45) is 0.152. The van der Waals surface area contributed by atoms with Crippen LogP contribution >= 0.6 is 23.3 Å². The van der Waals surface area contributed by atoms with Gasteiger partial charge < -0.3 is 10.4 Å². The van der Waals surface area contributed by atoms with E-state index in [2.05, 4.69) is 14.9 Å². The van der Waals surface area contributed by atoms with Gasteiger partial charge in [0, 0.05) is 17.2 Å². The largest absolute Gasteiger partial charge is 0.481 e. The Kier molecular flexibility index (Phi) is 5.91. The Balaban J connectivity index is 1.92. The number of benzene rings is 1. The predicted molar refractivity (Wildman–Crippen MR) is 87.5 cm³/mol. The Morgan fingerprint density at radius 3 is 2.91 bits per heavy atom. The summed E-state index contributed by atoms with van der Waals surface area (Å²) in [5, 5.41) is 15.2. The monoisotopic (exact) mass is 337 g/mol. The van der Waals surface area contributed by atoms with E-state index in [4.69, 9.17) is 5.11 Å². The van der Waals surface area contributed by atoms with Crippen molar-refractivity contribution < 1.29 is 14.7 Å². The summed E-state index contributed by atoms with van der Waals surface area (Å²) in [6, 6.07) is 7.51. The normalized spacial score (nSPS) is 10.4. The van der Waals surface area contributed by atoms with E-state index >= 15 is 0 Å². The van der Waals surface area contributed by atoms with Crippen LogP contribution in [0, 0.1) is 6.92 Å². The third-order valence-corrected chi connectivity index (χ3v) is 4.63.